The van der Waals surface area contributed by atoms with Gasteiger partial charge in [0.15, 0.2) is 0 Å². The van der Waals surface area contributed by atoms with Gasteiger partial charge >= 0.3 is 0 Å². The highest BCUT2D eigenvalue weighted by atomic mass is 19.1. The monoisotopic (exact) mass is 259 g/mol. The zero-order valence-corrected chi connectivity index (χ0v) is 10.4. The van der Waals surface area contributed by atoms with Gasteiger partial charge in [-0.2, -0.15) is 0 Å². The molecule has 4 nitrogen and oxygen atoms in total. The Bertz CT molecular complexity index is 623. The summed E-state index contributed by atoms with van der Waals surface area (Å²) in [5.41, 5.74) is 0.802. The predicted octanol–water partition coefficient (Wildman–Crippen LogP) is 2.29. The minimum absolute atomic E-state index is 0.232. The molecule has 0 aromatic carbocycles. The molecule has 0 atom stereocenters. The van der Waals surface area contributed by atoms with E-state index in [0.717, 1.165) is 0 Å². The first-order valence-electron chi connectivity index (χ1n) is 5.81. The topological polar surface area (TPSA) is 37.6 Å². The van der Waals surface area contributed by atoms with Crippen molar-refractivity contribution in [3.63, 3.8) is 0 Å². The first-order chi connectivity index (χ1) is 9.15. The van der Waals surface area contributed by atoms with Gasteiger partial charge in [-0.25, -0.2) is 9.37 Å². The molecule has 0 spiro atoms. The summed E-state index contributed by atoms with van der Waals surface area (Å²) in [5, 5.41) is 0. The normalized spacial score (nSPS) is 10.4. The summed E-state index contributed by atoms with van der Waals surface area (Å²) in [6.07, 6.45) is 6.07. The number of nitrogens with zero attached hydrogens (tertiary/aromatic N) is 3. The summed E-state index contributed by atoms with van der Waals surface area (Å²) in [4.78, 5) is 18.0. The number of hydrogen-bond acceptors (Lipinski definition) is 2. The lowest BCUT2D eigenvalue weighted by atomic mass is 10.3. The van der Waals surface area contributed by atoms with E-state index < -0.39 is 0 Å². The molecular weight excluding hydrogens is 245 g/mol. The fourth-order valence-corrected chi connectivity index (χ4v) is 1.78. The highest BCUT2D eigenvalue weighted by Crippen LogP contribution is 2.09. The Morgan fingerprint density at radius 1 is 1.32 bits per heavy atom. The molecular formula is C14H14FN3O. The highest BCUT2D eigenvalue weighted by Gasteiger charge is 2.16. The number of carbonyl (C=O) groups is 1. The molecule has 2 aromatic rings. The summed E-state index contributed by atoms with van der Waals surface area (Å²) in [5.74, 6) is -0.609. The molecule has 2 heterocycles. The van der Waals surface area contributed by atoms with Gasteiger partial charge < -0.3 is 9.30 Å². The third-order valence-corrected chi connectivity index (χ3v) is 2.62. The van der Waals surface area contributed by atoms with Crippen molar-refractivity contribution < 1.29 is 9.18 Å². The van der Waals surface area contributed by atoms with Crippen LogP contribution >= 0.6 is 0 Å². The summed E-state index contributed by atoms with van der Waals surface area (Å²) in [6, 6.07) is 2.83. The lowest BCUT2D eigenvalue weighted by molar-refractivity contribution is 0.0785. The molecule has 19 heavy (non-hydrogen) atoms. The van der Waals surface area contributed by atoms with E-state index in [1.54, 1.807) is 17.1 Å². The van der Waals surface area contributed by atoms with Crippen LogP contribution in [0.25, 0.3) is 5.65 Å². The van der Waals surface area contributed by atoms with Crippen molar-refractivity contribution >= 4 is 11.6 Å². The first kappa shape index (κ1) is 13.0. The van der Waals surface area contributed by atoms with E-state index in [1.807, 2.05) is 0 Å². The Morgan fingerprint density at radius 3 is 2.63 bits per heavy atom. The number of imidazole rings is 1. The molecule has 0 aliphatic carbocycles. The minimum Gasteiger partial charge on any atom is -0.330 e. The van der Waals surface area contributed by atoms with Gasteiger partial charge in [-0.05, 0) is 12.1 Å². The van der Waals surface area contributed by atoms with Crippen molar-refractivity contribution in [2.75, 3.05) is 13.1 Å². The molecule has 0 saturated heterocycles. The summed E-state index contributed by atoms with van der Waals surface area (Å²) >= 11 is 0. The quantitative estimate of drug-likeness (QED) is 0.773. The van der Waals surface area contributed by atoms with Crippen LogP contribution in [0, 0.1) is 5.82 Å². The minimum atomic E-state index is -0.377. The number of rotatable bonds is 5. The molecule has 0 fully saturated rings. The highest BCUT2D eigenvalue weighted by molar-refractivity contribution is 5.93. The Labute approximate surface area is 110 Å². The fraction of sp³-hybridized carbons (Fsp3) is 0.143. The lowest BCUT2D eigenvalue weighted by Crippen LogP contribution is -2.31. The zero-order chi connectivity index (χ0) is 13.8. The fourth-order valence-electron chi connectivity index (χ4n) is 1.78. The molecule has 0 N–H and O–H groups in total. The summed E-state index contributed by atoms with van der Waals surface area (Å²) in [7, 11) is 0. The van der Waals surface area contributed by atoms with Crippen LogP contribution in [0.3, 0.4) is 0 Å². The molecule has 2 rings (SSSR count). The maximum atomic E-state index is 13.1. The van der Waals surface area contributed by atoms with E-state index in [1.165, 1.54) is 28.9 Å². The van der Waals surface area contributed by atoms with Crippen molar-refractivity contribution in [3.05, 3.63) is 61.3 Å². The molecule has 0 bridgehead atoms. The molecule has 0 saturated carbocycles. The van der Waals surface area contributed by atoms with Crippen LogP contribution in [0.1, 0.15) is 10.5 Å². The Balaban J connectivity index is 2.34. The van der Waals surface area contributed by atoms with Crippen molar-refractivity contribution in [3.8, 4) is 0 Å². The van der Waals surface area contributed by atoms with Crippen LogP contribution in [0.2, 0.25) is 0 Å². The van der Waals surface area contributed by atoms with Crippen LogP contribution in [0.5, 0.6) is 0 Å². The Morgan fingerprint density at radius 2 is 2.00 bits per heavy atom. The van der Waals surface area contributed by atoms with Crippen LogP contribution < -0.4 is 0 Å². The van der Waals surface area contributed by atoms with Crippen LogP contribution in [-0.4, -0.2) is 33.3 Å². The Hall–Kier alpha value is -2.43. The van der Waals surface area contributed by atoms with Gasteiger partial charge in [-0.1, -0.05) is 12.2 Å². The standard InChI is InChI=1S/C14H14FN3O/c1-3-7-17(8-4-2)14(19)12-10-18-9-11(15)5-6-13(18)16-12/h3-6,9-10H,1-2,7-8H2. The van der Waals surface area contributed by atoms with Gasteiger partial charge in [-0.15, -0.1) is 13.2 Å². The lowest BCUT2D eigenvalue weighted by Gasteiger charge is -2.17. The van der Waals surface area contributed by atoms with Gasteiger partial charge in [-0.3, -0.25) is 4.79 Å². The SMILES string of the molecule is C=CCN(CC=C)C(=O)c1cn2cc(F)ccc2n1. The maximum absolute atomic E-state index is 13.1. The number of halogens is 1. The molecule has 0 aliphatic rings. The predicted molar refractivity (Wildman–Crippen MR) is 71.4 cm³/mol. The maximum Gasteiger partial charge on any atom is 0.274 e. The van der Waals surface area contributed by atoms with Crippen molar-refractivity contribution in [1.29, 1.82) is 0 Å². The van der Waals surface area contributed by atoms with Gasteiger partial charge in [0.1, 0.15) is 17.2 Å². The van der Waals surface area contributed by atoms with Crippen LogP contribution in [-0.2, 0) is 0 Å². The second kappa shape index (κ2) is 5.48. The Kier molecular flexibility index (Phi) is 3.75. The van der Waals surface area contributed by atoms with Gasteiger partial charge in [0, 0.05) is 25.5 Å². The van der Waals surface area contributed by atoms with E-state index >= 15 is 0 Å². The molecule has 98 valence electrons. The molecule has 0 aliphatic heterocycles. The number of carbonyl (C=O) groups excluding carboxylic acids is 1. The average molecular weight is 259 g/mol. The van der Waals surface area contributed by atoms with E-state index in [-0.39, 0.29) is 17.4 Å². The molecule has 0 radical (unpaired) electrons. The zero-order valence-electron chi connectivity index (χ0n) is 10.4. The largest absolute Gasteiger partial charge is 0.330 e. The summed E-state index contributed by atoms with van der Waals surface area (Å²) < 4.78 is 14.6. The van der Waals surface area contributed by atoms with Crippen molar-refractivity contribution in [1.82, 2.24) is 14.3 Å². The summed E-state index contributed by atoms with van der Waals surface area (Å²) in [6.45, 7) is 8.04. The van der Waals surface area contributed by atoms with Crippen LogP contribution in [0.15, 0.2) is 49.8 Å². The average Bonchev–Trinajstić information content (AvgIpc) is 2.80. The second-order valence-electron chi connectivity index (χ2n) is 4.03. The number of hydrogen-bond donors (Lipinski definition) is 0. The third-order valence-electron chi connectivity index (χ3n) is 2.62. The van der Waals surface area contributed by atoms with E-state index in [9.17, 15) is 9.18 Å². The van der Waals surface area contributed by atoms with Gasteiger partial charge in [0.2, 0.25) is 0 Å². The number of aromatic nitrogens is 2. The third kappa shape index (κ3) is 2.70. The smallest absolute Gasteiger partial charge is 0.274 e. The van der Waals surface area contributed by atoms with Crippen molar-refractivity contribution in [2.45, 2.75) is 0 Å². The molecule has 1 amide bonds. The van der Waals surface area contributed by atoms with Gasteiger partial charge in [0.25, 0.3) is 5.91 Å². The molecule has 5 heteroatoms. The van der Waals surface area contributed by atoms with E-state index in [2.05, 4.69) is 18.1 Å². The van der Waals surface area contributed by atoms with E-state index in [4.69, 9.17) is 0 Å². The first-order valence-corrected chi connectivity index (χ1v) is 5.81. The number of fused-ring (bicyclic) bond motifs is 1. The van der Waals surface area contributed by atoms with Crippen LogP contribution in [0.4, 0.5) is 4.39 Å². The number of amides is 1. The van der Waals surface area contributed by atoms with E-state index in [0.29, 0.717) is 18.7 Å². The van der Waals surface area contributed by atoms with Gasteiger partial charge in [0.05, 0.1) is 0 Å². The molecule has 0 unspecified atom stereocenters. The molecule has 2 aromatic heterocycles. The second-order valence-corrected chi connectivity index (χ2v) is 4.03. The number of pyridine rings is 1. The van der Waals surface area contributed by atoms with Crippen molar-refractivity contribution in [2.24, 2.45) is 0 Å².